The van der Waals surface area contributed by atoms with Crippen LogP contribution in [-0.4, -0.2) is 55.3 Å². The monoisotopic (exact) mass is 416 g/mol. The summed E-state index contributed by atoms with van der Waals surface area (Å²) in [6.07, 6.45) is -0.0448. The predicted octanol–water partition coefficient (Wildman–Crippen LogP) is 2.60. The maximum Gasteiger partial charge on any atom is 0.310 e. The number of hydrogen-bond acceptors (Lipinski definition) is 5. The Balaban J connectivity index is 1.46. The number of ether oxygens (including phenoxy) is 1. The summed E-state index contributed by atoms with van der Waals surface area (Å²) in [6.45, 7) is 2.58. The molecule has 30 heavy (non-hydrogen) atoms. The minimum absolute atomic E-state index is 0.0448. The molecule has 3 rings (SSSR count). The molecule has 6 nitrogen and oxygen atoms in total. The lowest BCUT2D eigenvalue weighted by atomic mass is 10.1. The normalized spacial score (nSPS) is 13.8. The number of nitrogens with zero attached hydrogens (tertiary/aromatic N) is 2. The molecule has 0 atom stereocenters. The van der Waals surface area contributed by atoms with Crippen LogP contribution in [0.15, 0.2) is 42.5 Å². The van der Waals surface area contributed by atoms with Crippen molar-refractivity contribution in [3.8, 4) is 0 Å². The number of hydrogen-bond donors (Lipinski definition) is 0. The molecule has 1 amide bonds. The minimum Gasteiger partial charge on any atom is -0.455 e. The Kier molecular flexibility index (Phi) is 6.76. The first-order chi connectivity index (χ1) is 14.3. The van der Waals surface area contributed by atoms with Crippen molar-refractivity contribution in [3.63, 3.8) is 0 Å². The highest BCUT2D eigenvalue weighted by molar-refractivity contribution is 5.94. The molecular weight excluding hydrogens is 394 g/mol. The molecule has 1 saturated heterocycles. The van der Waals surface area contributed by atoms with Gasteiger partial charge in [0.25, 0.3) is 5.91 Å². The van der Waals surface area contributed by atoms with Crippen LogP contribution in [0.3, 0.4) is 0 Å². The van der Waals surface area contributed by atoms with E-state index in [9.17, 15) is 23.2 Å². The number of esters is 1. The molecule has 2 aromatic rings. The number of halogens is 2. The van der Waals surface area contributed by atoms with Gasteiger partial charge in [0.1, 0.15) is 11.6 Å². The van der Waals surface area contributed by atoms with Crippen LogP contribution in [0.25, 0.3) is 0 Å². The summed E-state index contributed by atoms with van der Waals surface area (Å²) in [4.78, 5) is 38.9. The van der Waals surface area contributed by atoms with E-state index in [0.717, 1.165) is 0 Å². The topological polar surface area (TPSA) is 66.9 Å². The Morgan fingerprint density at radius 3 is 2.23 bits per heavy atom. The van der Waals surface area contributed by atoms with Crippen molar-refractivity contribution in [2.24, 2.45) is 0 Å². The first-order valence-electron chi connectivity index (χ1n) is 9.57. The molecule has 0 spiro atoms. The van der Waals surface area contributed by atoms with Crippen molar-refractivity contribution < 1.29 is 27.9 Å². The standard InChI is InChI=1S/C22H22F2N2O4/c1-15(27)17-4-7-20(19(24)13-17)25-8-10-26(11-9-25)21(28)14-30-22(29)12-16-2-5-18(23)6-3-16/h2-7,13H,8-12,14H2,1H3. The number of anilines is 1. The molecule has 1 aliphatic heterocycles. The van der Waals surface area contributed by atoms with Gasteiger partial charge in [-0.2, -0.15) is 0 Å². The fourth-order valence-electron chi connectivity index (χ4n) is 3.23. The molecule has 1 fully saturated rings. The third kappa shape index (κ3) is 5.40. The molecule has 0 aliphatic carbocycles. The van der Waals surface area contributed by atoms with Gasteiger partial charge in [0.2, 0.25) is 0 Å². The largest absolute Gasteiger partial charge is 0.455 e. The second kappa shape index (κ2) is 9.47. The van der Waals surface area contributed by atoms with E-state index in [1.165, 1.54) is 37.3 Å². The Hall–Kier alpha value is -3.29. The molecule has 0 N–H and O–H groups in total. The highest BCUT2D eigenvalue weighted by Gasteiger charge is 2.24. The number of piperazine rings is 1. The molecule has 2 aromatic carbocycles. The first-order valence-corrected chi connectivity index (χ1v) is 9.57. The molecule has 0 saturated carbocycles. The summed E-state index contributed by atoms with van der Waals surface area (Å²) in [7, 11) is 0. The van der Waals surface area contributed by atoms with Crippen LogP contribution in [0.1, 0.15) is 22.8 Å². The van der Waals surface area contributed by atoms with Crippen LogP contribution in [0.2, 0.25) is 0 Å². The quantitative estimate of drug-likeness (QED) is 0.535. The predicted molar refractivity (Wildman–Crippen MR) is 106 cm³/mol. The summed E-state index contributed by atoms with van der Waals surface area (Å²) >= 11 is 0. The molecule has 1 heterocycles. The third-order valence-electron chi connectivity index (χ3n) is 4.95. The van der Waals surface area contributed by atoms with E-state index in [2.05, 4.69) is 0 Å². The molecule has 0 bridgehead atoms. The molecule has 158 valence electrons. The summed E-state index contributed by atoms with van der Waals surface area (Å²) in [5.74, 6) is -1.96. The lowest BCUT2D eigenvalue weighted by molar-refractivity contribution is -0.151. The van der Waals surface area contributed by atoms with Gasteiger partial charge in [-0.3, -0.25) is 14.4 Å². The van der Waals surface area contributed by atoms with E-state index in [-0.39, 0.29) is 24.7 Å². The van der Waals surface area contributed by atoms with Gasteiger partial charge < -0.3 is 14.5 Å². The third-order valence-corrected chi connectivity index (χ3v) is 4.95. The summed E-state index contributed by atoms with van der Waals surface area (Å²) in [6, 6.07) is 9.85. The Labute approximate surface area is 173 Å². The SMILES string of the molecule is CC(=O)c1ccc(N2CCN(C(=O)COC(=O)Cc3ccc(F)cc3)CC2)c(F)c1. The van der Waals surface area contributed by atoms with E-state index in [0.29, 0.717) is 43.0 Å². The average Bonchev–Trinajstić information content (AvgIpc) is 2.73. The molecule has 8 heteroatoms. The van der Waals surface area contributed by atoms with E-state index < -0.39 is 17.6 Å². The number of rotatable bonds is 6. The van der Waals surface area contributed by atoms with Crippen molar-refractivity contribution in [1.82, 2.24) is 4.90 Å². The van der Waals surface area contributed by atoms with Gasteiger partial charge >= 0.3 is 5.97 Å². The molecule has 0 aromatic heterocycles. The number of Topliss-reactive ketones (excluding diaryl/α,β-unsaturated/α-hetero) is 1. The van der Waals surface area contributed by atoms with Gasteiger partial charge in [0, 0.05) is 31.7 Å². The van der Waals surface area contributed by atoms with E-state index >= 15 is 0 Å². The Morgan fingerprint density at radius 2 is 1.63 bits per heavy atom. The fraction of sp³-hybridized carbons (Fsp3) is 0.318. The summed E-state index contributed by atoms with van der Waals surface area (Å²) in [5.41, 5.74) is 1.30. The zero-order chi connectivity index (χ0) is 21.7. The van der Waals surface area contributed by atoms with Crippen LogP contribution in [0, 0.1) is 11.6 Å². The minimum atomic E-state index is -0.568. The van der Waals surface area contributed by atoms with Gasteiger partial charge in [-0.25, -0.2) is 8.78 Å². The van der Waals surface area contributed by atoms with Gasteiger partial charge in [-0.15, -0.1) is 0 Å². The maximum atomic E-state index is 14.3. The fourth-order valence-corrected chi connectivity index (χ4v) is 3.23. The van der Waals surface area contributed by atoms with Crippen molar-refractivity contribution in [1.29, 1.82) is 0 Å². The van der Waals surface area contributed by atoms with Crippen LogP contribution in [0.4, 0.5) is 14.5 Å². The van der Waals surface area contributed by atoms with E-state index in [4.69, 9.17) is 4.74 Å². The summed E-state index contributed by atoms with van der Waals surface area (Å²) in [5, 5.41) is 0. The molecule has 1 aliphatic rings. The zero-order valence-electron chi connectivity index (χ0n) is 16.6. The Bertz CT molecular complexity index is 939. The molecular formula is C22H22F2N2O4. The maximum absolute atomic E-state index is 14.3. The van der Waals surface area contributed by atoms with E-state index in [1.807, 2.05) is 4.90 Å². The van der Waals surface area contributed by atoms with Gasteiger partial charge in [-0.05, 0) is 42.8 Å². The van der Waals surface area contributed by atoms with Crippen LogP contribution in [-0.2, 0) is 20.7 Å². The lowest BCUT2D eigenvalue weighted by Gasteiger charge is -2.36. The summed E-state index contributed by atoms with van der Waals surface area (Å²) < 4.78 is 32.2. The number of carbonyl (C=O) groups is 3. The average molecular weight is 416 g/mol. The van der Waals surface area contributed by atoms with Crippen molar-refractivity contribution in [2.45, 2.75) is 13.3 Å². The highest BCUT2D eigenvalue weighted by atomic mass is 19.1. The van der Waals surface area contributed by atoms with Crippen molar-refractivity contribution >= 4 is 23.3 Å². The van der Waals surface area contributed by atoms with Crippen molar-refractivity contribution in [3.05, 3.63) is 65.2 Å². The number of benzene rings is 2. The van der Waals surface area contributed by atoms with Crippen LogP contribution >= 0.6 is 0 Å². The number of carbonyl (C=O) groups excluding carboxylic acids is 3. The van der Waals surface area contributed by atoms with Crippen LogP contribution in [0.5, 0.6) is 0 Å². The molecule has 0 unspecified atom stereocenters. The van der Waals surface area contributed by atoms with Gasteiger partial charge in [-0.1, -0.05) is 12.1 Å². The van der Waals surface area contributed by atoms with E-state index in [1.54, 1.807) is 17.0 Å². The second-order valence-electron chi connectivity index (χ2n) is 7.05. The van der Waals surface area contributed by atoms with Crippen molar-refractivity contribution in [2.75, 3.05) is 37.7 Å². The zero-order valence-corrected chi connectivity index (χ0v) is 16.6. The van der Waals surface area contributed by atoms with Crippen LogP contribution < -0.4 is 4.90 Å². The van der Waals surface area contributed by atoms with Gasteiger partial charge in [0.15, 0.2) is 12.4 Å². The smallest absolute Gasteiger partial charge is 0.310 e. The first kappa shape index (κ1) is 21.4. The van der Waals surface area contributed by atoms with Gasteiger partial charge in [0.05, 0.1) is 12.1 Å². The Morgan fingerprint density at radius 1 is 0.967 bits per heavy atom. The second-order valence-corrected chi connectivity index (χ2v) is 7.05. The number of ketones is 1. The highest BCUT2D eigenvalue weighted by Crippen LogP contribution is 2.22. The number of amides is 1. The lowest BCUT2D eigenvalue weighted by Crippen LogP contribution is -2.50. The molecule has 0 radical (unpaired) electrons.